The summed E-state index contributed by atoms with van der Waals surface area (Å²) in [6.07, 6.45) is 3.32. The number of hydrogen-bond acceptors (Lipinski definition) is 5. The number of carbonyl (C=O) groups excluding carboxylic acids is 1. The summed E-state index contributed by atoms with van der Waals surface area (Å²) in [7, 11) is 0. The largest absolute Gasteiger partial charge is 0.361 e. The average molecular weight is 542 g/mol. The van der Waals surface area contributed by atoms with E-state index in [-0.39, 0.29) is 11.9 Å². The van der Waals surface area contributed by atoms with Gasteiger partial charge in [-0.15, -0.1) is 0 Å². The highest BCUT2D eigenvalue weighted by Gasteiger charge is 2.38. The number of halogens is 2. The lowest BCUT2D eigenvalue weighted by Gasteiger charge is -2.30. The van der Waals surface area contributed by atoms with Gasteiger partial charge in [-0.1, -0.05) is 34.4 Å². The Hall–Kier alpha value is -2.48. The number of fused-ring (bicyclic) bond motifs is 1. The molecule has 9 heteroatoms. The first-order valence-electron chi connectivity index (χ1n) is 12.2. The third-order valence-corrected chi connectivity index (χ3v) is 8.72. The van der Waals surface area contributed by atoms with Gasteiger partial charge in [0.1, 0.15) is 11.6 Å². The summed E-state index contributed by atoms with van der Waals surface area (Å²) in [4.78, 5) is 20.2. The van der Waals surface area contributed by atoms with Crippen molar-refractivity contribution < 1.29 is 9.32 Å². The molecule has 2 aliphatic rings. The van der Waals surface area contributed by atoms with Crippen LogP contribution in [0.4, 0.5) is 5.69 Å². The molecule has 2 aromatic carbocycles. The number of aromatic nitrogens is 3. The van der Waals surface area contributed by atoms with Crippen molar-refractivity contribution in [3.05, 3.63) is 63.7 Å². The summed E-state index contributed by atoms with van der Waals surface area (Å²) in [5.41, 5.74) is 5.64. The summed E-state index contributed by atoms with van der Waals surface area (Å²) >= 11 is 14.6. The summed E-state index contributed by atoms with van der Waals surface area (Å²) in [6.45, 7) is 3.89. The quantitative estimate of drug-likeness (QED) is 0.267. The monoisotopic (exact) mass is 540 g/mol. The summed E-state index contributed by atoms with van der Waals surface area (Å²) in [5, 5.41) is 5.15. The van der Waals surface area contributed by atoms with Crippen molar-refractivity contribution in [1.82, 2.24) is 14.7 Å². The average Bonchev–Trinajstić information content (AvgIpc) is 3.52. The third kappa shape index (κ3) is 4.11. The Morgan fingerprint density at radius 1 is 1.03 bits per heavy atom. The van der Waals surface area contributed by atoms with Crippen LogP contribution >= 0.6 is 35.0 Å². The van der Waals surface area contributed by atoms with Crippen LogP contribution in [-0.4, -0.2) is 32.1 Å². The second-order valence-corrected chi connectivity index (χ2v) is 11.6. The van der Waals surface area contributed by atoms with E-state index in [9.17, 15) is 4.79 Å². The molecule has 186 valence electrons. The SMILES string of the molecule is Cc1noc(C)c1-c1ccc2c(c1)nc(C1CCC(=O)N1c1cc(Cl)cc(Cl)c1)n2C1CCSCC1. The van der Waals surface area contributed by atoms with Crippen LogP contribution in [0.3, 0.4) is 0 Å². The van der Waals surface area contributed by atoms with E-state index in [0.717, 1.165) is 63.8 Å². The Bertz CT molecular complexity index is 1430. The smallest absolute Gasteiger partial charge is 0.227 e. The zero-order valence-corrected chi connectivity index (χ0v) is 22.5. The van der Waals surface area contributed by atoms with Crippen LogP contribution in [0.5, 0.6) is 0 Å². The number of benzene rings is 2. The molecule has 1 unspecified atom stereocenters. The zero-order chi connectivity index (χ0) is 25.0. The van der Waals surface area contributed by atoms with Crippen molar-refractivity contribution in [3.8, 4) is 11.1 Å². The van der Waals surface area contributed by atoms with Crippen molar-refractivity contribution in [2.75, 3.05) is 16.4 Å². The van der Waals surface area contributed by atoms with Gasteiger partial charge in [-0.25, -0.2) is 4.98 Å². The third-order valence-electron chi connectivity index (χ3n) is 7.23. The van der Waals surface area contributed by atoms with Gasteiger partial charge < -0.3 is 14.0 Å². The second-order valence-electron chi connectivity index (χ2n) is 9.53. The molecule has 36 heavy (non-hydrogen) atoms. The van der Waals surface area contributed by atoms with Crippen LogP contribution in [0.2, 0.25) is 10.0 Å². The predicted octanol–water partition coefficient (Wildman–Crippen LogP) is 7.55. The Labute approximate surface area is 223 Å². The summed E-state index contributed by atoms with van der Waals surface area (Å²) in [6, 6.07) is 11.9. The van der Waals surface area contributed by atoms with Gasteiger partial charge in [-0.05, 0) is 80.5 Å². The van der Waals surface area contributed by atoms with E-state index < -0.39 is 0 Å². The molecule has 0 aliphatic carbocycles. The van der Waals surface area contributed by atoms with E-state index in [1.807, 2.05) is 42.6 Å². The van der Waals surface area contributed by atoms with Gasteiger partial charge in [-0.3, -0.25) is 4.79 Å². The number of aryl methyl sites for hydroxylation is 2. The minimum absolute atomic E-state index is 0.0625. The van der Waals surface area contributed by atoms with E-state index in [1.165, 1.54) is 0 Å². The highest BCUT2D eigenvalue weighted by atomic mass is 35.5. The molecule has 6 rings (SSSR count). The number of carbonyl (C=O) groups is 1. The summed E-state index contributed by atoms with van der Waals surface area (Å²) in [5.74, 6) is 4.03. The number of amides is 1. The molecule has 0 radical (unpaired) electrons. The first kappa shape index (κ1) is 23.9. The molecule has 4 aromatic rings. The molecule has 2 saturated heterocycles. The molecule has 1 amide bonds. The number of anilines is 1. The van der Waals surface area contributed by atoms with Gasteiger partial charge in [-0.2, -0.15) is 11.8 Å². The van der Waals surface area contributed by atoms with Gasteiger partial charge in [0, 0.05) is 33.8 Å². The van der Waals surface area contributed by atoms with Gasteiger partial charge in [0.05, 0.1) is 22.8 Å². The van der Waals surface area contributed by atoms with Crippen molar-refractivity contribution in [3.63, 3.8) is 0 Å². The Balaban J connectivity index is 1.52. The minimum Gasteiger partial charge on any atom is -0.361 e. The van der Waals surface area contributed by atoms with Crippen LogP contribution in [0, 0.1) is 13.8 Å². The standard InChI is InChI=1S/C27H26Cl2N4O2S/c1-15-26(16(2)35-31-15)17-3-4-23-22(11-17)30-27(33(23)20-7-9-36-10-8-20)24-5-6-25(34)32(24)21-13-18(28)12-19(29)14-21/h3-4,11-14,20,24H,5-10H2,1-2H3. The Morgan fingerprint density at radius 2 is 1.78 bits per heavy atom. The molecule has 2 aliphatic heterocycles. The van der Waals surface area contributed by atoms with E-state index in [4.69, 9.17) is 32.7 Å². The lowest BCUT2D eigenvalue weighted by molar-refractivity contribution is -0.117. The van der Waals surface area contributed by atoms with E-state index >= 15 is 0 Å². The molecular formula is C27H26Cl2N4O2S. The molecule has 0 N–H and O–H groups in total. The maximum Gasteiger partial charge on any atom is 0.227 e. The molecule has 4 heterocycles. The van der Waals surface area contributed by atoms with Crippen molar-refractivity contribution >= 4 is 57.6 Å². The maximum atomic E-state index is 13.2. The zero-order valence-electron chi connectivity index (χ0n) is 20.1. The normalized spacial score (nSPS) is 19.1. The molecule has 0 bridgehead atoms. The fourth-order valence-corrected chi connectivity index (χ4v) is 7.26. The molecule has 0 saturated carbocycles. The highest BCUT2D eigenvalue weighted by molar-refractivity contribution is 7.99. The van der Waals surface area contributed by atoms with E-state index in [2.05, 4.69) is 27.9 Å². The van der Waals surface area contributed by atoms with Crippen LogP contribution in [0.15, 0.2) is 40.9 Å². The van der Waals surface area contributed by atoms with Crippen LogP contribution in [0.25, 0.3) is 22.2 Å². The Morgan fingerprint density at radius 3 is 2.47 bits per heavy atom. The summed E-state index contributed by atoms with van der Waals surface area (Å²) < 4.78 is 7.82. The molecule has 2 fully saturated rings. The first-order valence-corrected chi connectivity index (χ1v) is 14.1. The van der Waals surface area contributed by atoms with Crippen LogP contribution in [-0.2, 0) is 4.79 Å². The number of thioether (sulfide) groups is 1. The molecule has 2 aromatic heterocycles. The molecular weight excluding hydrogens is 515 g/mol. The lowest BCUT2D eigenvalue weighted by Crippen LogP contribution is -2.30. The maximum absolute atomic E-state index is 13.2. The fourth-order valence-electron chi connectivity index (χ4n) is 5.66. The predicted molar refractivity (Wildman–Crippen MR) is 146 cm³/mol. The molecule has 0 spiro atoms. The van der Waals surface area contributed by atoms with Gasteiger partial charge >= 0.3 is 0 Å². The van der Waals surface area contributed by atoms with Gasteiger partial charge in [0.25, 0.3) is 0 Å². The fraction of sp³-hybridized carbons (Fsp3) is 0.370. The van der Waals surface area contributed by atoms with Gasteiger partial charge in [0.2, 0.25) is 5.91 Å². The van der Waals surface area contributed by atoms with E-state index in [1.54, 1.807) is 6.07 Å². The number of rotatable bonds is 4. The van der Waals surface area contributed by atoms with Crippen molar-refractivity contribution in [1.29, 1.82) is 0 Å². The van der Waals surface area contributed by atoms with Crippen molar-refractivity contribution in [2.24, 2.45) is 0 Å². The highest BCUT2D eigenvalue weighted by Crippen LogP contribution is 2.42. The number of hydrogen-bond donors (Lipinski definition) is 0. The Kier molecular flexibility index (Phi) is 6.26. The van der Waals surface area contributed by atoms with Crippen molar-refractivity contribution in [2.45, 2.75) is 51.6 Å². The lowest BCUT2D eigenvalue weighted by atomic mass is 10.0. The first-order chi connectivity index (χ1) is 17.4. The van der Waals surface area contributed by atoms with E-state index in [0.29, 0.717) is 34.6 Å². The second kappa shape index (κ2) is 9.43. The number of imidazole rings is 1. The van der Waals surface area contributed by atoms with Gasteiger partial charge in [0.15, 0.2) is 0 Å². The minimum atomic E-state index is -0.184. The topological polar surface area (TPSA) is 64.2 Å². The van der Waals surface area contributed by atoms with Crippen LogP contribution < -0.4 is 4.90 Å². The van der Waals surface area contributed by atoms with Crippen LogP contribution in [0.1, 0.15) is 55.0 Å². The molecule has 1 atom stereocenters. The molecule has 6 nitrogen and oxygen atoms in total. The number of nitrogens with zero attached hydrogens (tertiary/aromatic N) is 4.